The van der Waals surface area contributed by atoms with Gasteiger partial charge in [0, 0.05) is 28.1 Å². The molecular weight excluding hydrogens is 410 g/mol. The fourth-order valence-electron chi connectivity index (χ4n) is 4.65. The van der Waals surface area contributed by atoms with E-state index in [1.54, 1.807) is 0 Å². The zero-order valence-electron chi connectivity index (χ0n) is 16.7. The number of nitrogens with one attached hydrogen (secondary N) is 1. The summed E-state index contributed by atoms with van der Waals surface area (Å²) in [5.74, 6) is -0.0930. The van der Waals surface area contributed by atoms with Gasteiger partial charge in [-0.05, 0) is 64.0 Å². The second kappa shape index (κ2) is 7.78. The average Bonchev–Trinajstić information content (AvgIpc) is 3.33. The summed E-state index contributed by atoms with van der Waals surface area (Å²) in [5, 5.41) is 3.65. The zero-order chi connectivity index (χ0) is 20.8. The molecule has 8 heteroatoms. The zero-order valence-corrected chi connectivity index (χ0v) is 18.3. The van der Waals surface area contributed by atoms with Crippen molar-refractivity contribution in [3.8, 4) is 5.69 Å². The summed E-state index contributed by atoms with van der Waals surface area (Å²) in [5.41, 5.74) is 3.18. The van der Waals surface area contributed by atoms with Crippen molar-refractivity contribution in [1.82, 2.24) is 14.8 Å². The van der Waals surface area contributed by atoms with Crippen molar-refractivity contribution in [1.29, 1.82) is 0 Å². The molecule has 1 aromatic heterocycles. The molecule has 6 nitrogen and oxygen atoms in total. The number of hydrogen-bond acceptors (Lipinski definition) is 4. The molecule has 2 unspecified atom stereocenters. The highest BCUT2D eigenvalue weighted by Crippen LogP contribution is 2.25. The Hall–Kier alpha value is -1.83. The van der Waals surface area contributed by atoms with Crippen LogP contribution in [-0.2, 0) is 9.84 Å². The normalized spacial score (nSPS) is 24.1. The lowest BCUT2D eigenvalue weighted by Gasteiger charge is -2.28. The Morgan fingerprint density at radius 1 is 1.14 bits per heavy atom. The van der Waals surface area contributed by atoms with Gasteiger partial charge in [0.15, 0.2) is 9.84 Å². The van der Waals surface area contributed by atoms with Crippen LogP contribution in [-0.4, -0.2) is 60.5 Å². The molecule has 2 aliphatic heterocycles. The van der Waals surface area contributed by atoms with E-state index >= 15 is 0 Å². The van der Waals surface area contributed by atoms with E-state index in [4.69, 9.17) is 11.6 Å². The fraction of sp³-hybridized carbons (Fsp3) is 0.476. The van der Waals surface area contributed by atoms with Gasteiger partial charge in [-0.15, -0.1) is 0 Å². The number of amides is 1. The topological polar surface area (TPSA) is 71.4 Å². The fourth-order valence-corrected chi connectivity index (χ4v) is 6.79. The van der Waals surface area contributed by atoms with E-state index in [1.165, 1.54) is 0 Å². The number of hydrogen-bond donors (Lipinski definition) is 1. The largest absolute Gasteiger partial charge is 0.347 e. The SMILES string of the molecule is Cc1cc(C(=O)NC2CS(=O)(=O)CC2N2CCCC2)c(C)n1-c1cccc(Cl)c1. The minimum atomic E-state index is -3.15. The average molecular weight is 436 g/mol. The number of carbonyl (C=O) groups excluding carboxylic acids is 1. The molecule has 2 atom stereocenters. The highest BCUT2D eigenvalue weighted by atomic mass is 35.5. The van der Waals surface area contributed by atoms with E-state index in [9.17, 15) is 13.2 Å². The van der Waals surface area contributed by atoms with Gasteiger partial charge in [-0.25, -0.2) is 8.42 Å². The first kappa shape index (κ1) is 20.4. The summed E-state index contributed by atoms with van der Waals surface area (Å²) in [6.45, 7) is 5.63. The number of rotatable bonds is 4. The van der Waals surface area contributed by atoms with E-state index in [2.05, 4.69) is 10.2 Å². The summed E-state index contributed by atoms with van der Waals surface area (Å²) in [6.07, 6.45) is 2.16. The van der Waals surface area contributed by atoms with Crippen LogP contribution >= 0.6 is 11.6 Å². The summed E-state index contributed by atoms with van der Waals surface area (Å²) in [6, 6.07) is 8.82. The first-order valence-corrected chi connectivity index (χ1v) is 12.2. The van der Waals surface area contributed by atoms with E-state index in [1.807, 2.05) is 48.7 Å². The van der Waals surface area contributed by atoms with Crippen LogP contribution < -0.4 is 5.32 Å². The second-order valence-corrected chi connectivity index (χ2v) is 10.7. The molecule has 1 amide bonds. The van der Waals surface area contributed by atoms with E-state index in [0.29, 0.717) is 10.6 Å². The van der Waals surface area contributed by atoms with Gasteiger partial charge < -0.3 is 9.88 Å². The maximum Gasteiger partial charge on any atom is 0.253 e. The van der Waals surface area contributed by atoms with Crippen LogP contribution in [0.2, 0.25) is 5.02 Å². The molecule has 1 aromatic carbocycles. The number of sulfone groups is 1. The number of aromatic nitrogens is 1. The van der Waals surface area contributed by atoms with Crippen LogP contribution in [0.5, 0.6) is 0 Å². The Kier molecular flexibility index (Phi) is 5.48. The van der Waals surface area contributed by atoms with E-state index < -0.39 is 9.84 Å². The van der Waals surface area contributed by atoms with Crippen molar-refractivity contribution < 1.29 is 13.2 Å². The van der Waals surface area contributed by atoms with E-state index in [0.717, 1.165) is 43.0 Å². The van der Waals surface area contributed by atoms with Crippen molar-refractivity contribution in [2.75, 3.05) is 24.6 Å². The molecule has 156 valence electrons. The third-order valence-corrected chi connectivity index (χ3v) is 7.94. The van der Waals surface area contributed by atoms with Crippen molar-refractivity contribution in [3.63, 3.8) is 0 Å². The summed E-state index contributed by atoms with van der Waals surface area (Å²) in [4.78, 5) is 15.3. The molecule has 0 bridgehead atoms. The van der Waals surface area contributed by atoms with Crippen LogP contribution in [0.1, 0.15) is 34.6 Å². The van der Waals surface area contributed by atoms with Crippen LogP contribution in [0.25, 0.3) is 5.69 Å². The van der Waals surface area contributed by atoms with Crippen LogP contribution in [0.15, 0.2) is 30.3 Å². The van der Waals surface area contributed by atoms with Crippen LogP contribution in [0.3, 0.4) is 0 Å². The van der Waals surface area contributed by atoms with Crippen LogP contribution in [0.4, 0.5) is 0 Å². The predicted octanol–water partition coefficient (Wildman–Crippen LogP) is 2.74. The molecule has 1 N–H and O–H groups in total. The predicted molar refractivity (Wildman–Crippen MR) is 115 cm³/mol. The maximum absolute atomic E-state index is 13.1. The smallest absolute Gasteiger partial charge is 0.253 e. The minimum absolute atomic E-state index is 0.00688. The molecule has 29 heavy (non-hydrogen) atoms. The molecule has 0 aliphatic carbocycles. The first-order valence-electron chi connectivity index (χ1n) is 9.95. The number of nitrogens with zero attached hydrogens (tertiary/aromatic N) is 2. The van der Waals surface area contributed by atoms with E-state index in [-0.39, 0.29) is 29.5 Å². The Bertz CT molecular complexity index is 1040. The van der Waals surface area contributed by atoms with Gasteiger partial charge in [0.2, 0.25) is 0 Å². The Balaban J connectivity index is 1.59. The van der Waals surface area contributed by atoms with Gasteiger partial charge in [-0.2, -0.15) is 0 Å². The molecule has 2 aromatic rings. The van der Waals surface area contributed by atoms with Gasteiger partial charge in [0.1, 0.15) is 0 Å². The van der Waals surface area contributed by atoms with Crippen LogP contribution in [0, 0.1) is 13.8 Å². The van der Waals surface area contributed by atoms with Gasteiger partial charge in [-0.1, -0.05) is 17.7 Å². The third kappa shape index (κ3) is 4.09. The highest BCUT2D eigenvalue weighted by Gasteiger charge is 2.42. The molecule has 0 spiro atoms. The number of aryl methyl sites for hydroxylation is 1. The number of benzene rings is 1. The Labute approximate surface area is 176 Å². The lowest BCUT2D eigenvalue weighted by Crippen LogP contribution is -2.50. The molecule has 2 aliphatic rings. The first-order chi connectivity index (χ1) is 13.7. The van der Waals surface area contributed by atoms with Gasteiger partial charge in [0.05, 0.1) is 23.1 Å². The standard InChI is InChI=1S/C21H26ClN3O3S/c1-14-10-18(15(2)25(14)17-7-5-6-16(22)11-17)21(26)23-19-12-29(27,28)13-20(19)24-8-3-4-9-24/h5-7,10-11,19-20H,3-4,8-9,12-13H2,1-2H3,(H,23,26). The molecular formula is C21H26ClN3O3S. The second-order valence-electron chi connectivity index (χ2n) is 8.07. The summed E-state index contributed by atoms with van der Waals surface area (Å²) in [7, 11) is -3.15. The maximum atomic E-state index is 13.1. The van der Waals surface area contributed by atoms with Gasteiger partial charge in [0.25, 0.3) is 5.91 Å². The lowest BCUT2D eigenvalue weighted by molar-refractivity contribution is 0.0918. The Morgan fingerprint density at radius 3 is 2.55 bits per heavy atom. The summed E-state index contributed by atoms with van der Waals surface area (Å²) < 4.78 is 26.5. The molecule has 4 rings (SSSR count). The van der Waals surface area contributed by atoms with Crippen molar-refractivity contribution in [3.05, 3.63) is 52.3 Å². The number of carbonyl (C=O) groups is 1. The minimum Gasteiger partial charge on any atom is -0.347 e. The summed E-state index contributed by atoms with van der Waals surface area (Å²) >= 11 is 6.13. The molecule has 2 saturated heterocycles. The lowest BCUT2D eigenvalue weighted by atomic mass is 10.1. The number of likely N-dealkylation sites (tertiary alicyclic amines) is 1. The van der Waals surface area contributed by atoms with Gasteiger partial charge in [-0.3, -0.25) is 9.69 Å². The molecule has 2 fully saturated rings. The monoisotopic (exact) mass is 435 g/mol. The molecule has 0 saturated carbocycles. The highest BCUT2D eigenvalue weighted by molar-refractivity contribution is 7.91. The van der Waals surface area contributed by atoms with Crippen molar-refractivity contribution in [2.45, 2.75) is 38.8 Å². The molecule has 3 heterocycles. The third-order valence-electron chi connectivity index (χ3n) is 5.99. The quantitative estimate of drug-likeness (QED) is 0.801. The number of halogens is 1. The Morgan fingerprint density at radius 2 is 1.86 bits per heavy atom. The van der Waals surface area contributed by atoms with Crippen molar-refractivity contribution in [2.24, 2.45) is 0 Å². The molecule has 0 radical (unpaired) electrons. The van der Waals surface area contributed by atoms with Gasteiger partial charge >= 0.3 is 0 Å². The van der Waals surface area contributed by atoms with Crippen molar-refractivity contribution >= 4 is 27.3 Å².